The van der Waals surface area contributed by atoms with Crippen LogP contribution in [0.4, 0.5) is 0 Å². The van der Waals surface area contributed by atoms with E-state index >= 15 is 0 Å². The van der Waals surface area contributed by atoms with Gasteiger partial charge < -0.3 is 19.3 Å². The summed E-state index contributed by atoms with van der Waals surface area (Å²) >= 11 is 0. The normalized spacial score (nSPS) is 16.2. The van der Waals surface area contributed by atoms with Crippen molar-refractivity contribution in [3.8, 4) is 0 Å². The first-order valence-electron chi connectivity index (χ1n) is 4.63. The first-order chi connectivity index (χ1) is 6.06. The Morgan fingerprint density at radius 3 is 2.15 bits per heavy atom. The van der Waals surface area contributed by atoms with Gasteiger partial charge in [0.05, 0.1) is 6.10 Å². The highest BCUT2D eigenvalue weighted by Crippen LogP contribution is 2.03. The summed E-state index contributed by atoms with van der Waals surface area (Å²) in [5.74, 6) is 0. The Kier molecular flexibility index (Phi) is 7.17. The van der Waals surface area contributed by atoms with E-state index in [0.717, 1.165) is 0 Å². The highest BCUT2D eigenvalue weighted by atomic mass is 16.8. The third-order valence-electron chi connectivity index (χ3n) is 1.34. The molecule has 0 bridgehead atoms. The molecule has 0 fully saturated rings. The zero-order valence-corrected chi connectivity index (χ0v) is 8.82. The van der Waals surface area contributed by atoms with Gasteiger partial charge in [-0.1, -0.05) is 6.92 Å². The van der Waals surface area contributed by atoms with Gasteiger partial charge in [0.1, 0.15) is 6.79 Å². The molecule has 0 saturated carbocycles. The van der Waals surface area contributed by atoms with Crippen LogP contribution in [0.2, 0.25) is 0 Å². The zero-order valence-electron chi connectivity index (χ0n) is 8.82. The van der Waals surface area contributed by atoms with Gasteiger partial charge in [0.15, 0.2) is 12.6 Å². The van der Waals surface area contributed by atoms with Gasteiger partial charge in [0, 0.05) is 0 Å². The number of rotatable bonds is 7. The summed E-state index contributed by atoms with van der Waals surface area (Å²) in [5.41, 5.74) is 0. The molecule has 0 aromatic heterocycles. The summed E-state index contributed by atoms with van der Waals surface area (Å²) in [6.45, 7) is 7.53. The van der Waals surface area contributed by atoms with Crippen LogP contribution in [0, 0.1) is 0 Å². The van der Waals surface area contributed by atoms with Crippen LogP contribution in [0.5, 0.6) is 0 Å². The lowest BCUT2D eigenvalue weighted by atomic mass is 10.5. The molecular formula is C9H20O4. The molecule has 0 aliphatic heterocycles. The van der Waals surface area contributed by atoms with E-state index in [1.54, 1.807) is 6.92 Å². The number of hydrogen-bond acceptors (Lipinski definition) is 4. The molecule has 0 aliphatic carbocycles. The van der Waals surface area contributed by atoms with E-state index in [4.69, 9.17) is 19.3 Å². The maximum absolute atomic E-state index is 8.92. The van der Waals surface area contributed by atoms with Crippen molar-refractivity contribution in [2.24, 2.45) is 0 Å². The van der Waals surface area contributed by atoms with E-state index in [-0.39, 0.29) is 12.9 Å². The van der Waals surface area contributed by atoms with Crippen molar-refractivity contribution in [3.63, 3.8) is 0 Å². The molecule has 2 atom stereocenters. The molecule has 0 spiro atoms. The highest BCUT2D eigenvalue weighted by molar-refractivity contribution is 4.39. The molecule has 4 heteroatoms. The summed E-state index contributed by atoms with van der Waals surface area (Å²) in [6.07, 6.45) is -0.362. The van der Waals surface area contributed by atoms with Crippen molar-refractivity contribution in [1.29, 1.82) is 0 Å². The Hall–Kier alpha value is -0.160. The van der Waals surface area contributed by atoms with Crippen LogP contribution in [0.15, 0.2) is 0 Å². The fourth-order valence-electron chi connectivity index (χ4n) is 0.724. The average molecular weight is 192 g/mol. The minimum absolute atomic E-state index is 0.143. The smallest absolute Gasteiger partial charge is 0.163 e. The van der Waals surface area contributed by atoms with Crippen LogP contribution in [0.25, 0.3) is 0 Å². The molecule has 0 aromatic carbocycles. The van der Waals surface area contributed by atoms with Gasteiger partial charge in [0.2, 0.25) is 0 Å². The summed E-state index contributed by atoms with van der Waals surface area (Å²) in [7, 11) is 0. The fourth-order valence-corrected chi connectivity index (χ4v) is 0.724. The third kappa shape index (κ3) is 8.18. The van der Waals surface area contributed by atoms with Crippen molar-refractivity contribution < 1.29 is 19.3 Å². The molecular weight excluding hydrogens is 172 g/mol. The standard InChI is InChI=1S/C9H20O4/c1-5-9(13-8(4)10)12-6-11-7(2)3/h7-10H,5-6H2,1-4H3. The van der Waals surface area contributed by atoms with Gasteiger partial charge in [-0.15, -0.1) is 0 Å². The minimum atomic E-state index is -0.802. The predicted octanol–water partition coefficient (Wildman–Crippen LogP) is 1.48. The molecule has 0 heterocycles. The lowest BCUT2D eigenvalue weighted by Crippen LogP contribution is -2.23. The molecule has 0 aromatic rings. The molecule has 80 valence electrons. The molecule has 0 rings (SSSR count). The largest absolute Gasteiger partial charge is 0.368 e. The second-order valence-electron chi connectivity index (χ2n) is 3.07. The molecule has 0 radical (unpaired) electrons. The molecule has 0 aliphatic rings. The van der Waals surface area contributed by atoms with Crippen LogP contribution in [-0.4, -0.2) is 30.6 Å². The van der Waals surface area contributed by atoms with Gasteiger partial charge >= 0.3 is 0 Å². The van der Waals surface area contributed by atoms with Crippen LogP contribution >= 0.6 is 0 Å². The van der Waals surface area contributed by atoms with Gasteiger partial charge in [-0.05, 0) is 27.2 Å². The summed E-state index contributed by atoms with van der Waals surface area (Å²) in [6, 6.07) is 0. The maximum Gasteiger partial charge on any atom is 0.163 e. The molecule has 2 unspecified atom stereocenters. The van der Waals surface area contributed by atoms with Crippen molar-refractivity contribution >= 4 is 0 Å². The Morgan fingerprint density at radius 2 is 1.77 bits per heavy atom. The second kappa shape index (κ2) is 7.26. The minimum Gasteiger partial charge on any atom is -0.368 e. The van der Waals surface area contributed by atoms with E-state index in [1.807, 2.05) is 20.8 Å². The zero-order chi connectivity index (χ0) is 10.3. The molecule has 4 nitrogen and oxygen atoms in total. The van der Waals surface area contributed by atoms with E-state index in [9.17, 15) is 0 Å². The summed E-state index contributed by atoms with van der Waals surface area (Å²) < 4.78 is 15.4. The van der Waals surface area contributed by atoms with E-state index in [0.29, 0.717) is 6.42 Å². The fraction of sp³-hybridized carbons (Fsp3) is 1.00. The van der Waals surface area contributed by atoms with Gasteiger partial charge in [0.25, 0.3) is 0 Å². The Morgan fingerprint density at radius 1 is 1.15 bits per heavy atom. The van der Waals surface area contributed by atoms with Crippen molar-refractivity contribution in [2.75, 3.05) is 6.79 Å². The molecule has 13 heavy (non-hydrogen) atoms. The van der Waals surface area contributed by atoms with Gasteiger partial charge in [-0.25, -0.2) is 0 Å². The van der Waals surface area contributed by atoms with Crippen LogP contribution in [0.3, 0.4) is 0 Å². The maximum atomic E-state index is 8.92. The van der Waals surface area contributed by atoms with E-state index in [2.05, 4.69) is 0 Å². The third-order valence-corrected chi connectivity index (χ3v) is 1.34. The Balaban J connectivity index is 3.48. The first kappa shape index (κ1) is 12.8. The molecule has 0 amide bonds. The second-order valence-corrected chi connectivity index (χ2v) is 3.07. The van der Waals surface area contributed by atoms with Crippen LogP contribution in [0.1, 0.15) is 34.1 Å². The van der Waals surface area contributed by atoms with Crippen molar-refractivity contribution in [3.05, 3.63) is 0 Å². The average Bonchev–Trinajstić information content (AvgIpc) is 2.01. The van der Waals surface area contributed by atoms with E-state index < -0.39 is 12.6 Å². The quantitative estimate of drug-likeness (QED) is 0.621. The SMILES string of the molecule is CCC(OCOC(C)C)OC(C)O. The summed E-state index contributed by atoms with van der Waals surface area (Å²) in [4.78, 5) is 0. The monoisotopic (exact) mass is 192 g/mol. The van der Waals surface area contributed by atoms with E-state index in [1.165, 1.54) is 0 Å². The van der Waals surface area contributed by atoms with Crippen molar-refractivity contribution in [1.82, 2.24) is 0 Å². The Bertz CT molecular complexity index is 114. The highest BCUT2D eigenvalue weighted by Gasteiger charge is 2.09. The topological polar surface area (TPSA) is 47.9 Å². The number of hydrogen-bond donors (Lipinski definition) is 1. The van der Waals surface area contributed by atoms with Gasteiger partial charge in [-0.2, -0.15) is 0 Å². The molecule has 0 saturated heterocycles. The lowest BCUT2D eigenvalue weighted by Gasteiger charge is -2.19. The number of ether oxygens (including phenoxy) is 3. The van der Waals surface area contributed by atoms with Crippen LogP contribution in [-0.2, 0) is 14.2 Å². The Labute approximate surface area is 79.8 Å². The predicted molar refractivity (Wildman–Crippen MR) is 49.0 cm³/mol. The van der Waals surface area contributed by atoms with Crippen molar-refractivity contribution in [2.45, 2.75) is 52.8 Å². The van der Waals surface area contributed by atoms with Crippen LogP contribution < -0.4 is 0 Å². The molecule has 1 N–H and O–H groups in total. The van der Waals surface area contributed by atoms with Gasteiger partial charge in [-0.3, -0.25) is 0 Å². The first-order valence-corrected chi connectivity index (χ1v) is 4.63. The summed E-state index contributed by atoms with van der Waals surface area (Å²) in [5, 5.41) is 8.92. The lowest BCUT2D eigenvalue weighted by molar-refractivity contribution is -0.253. The number of aliphatic hydroxyl groups excluding tert-OH is 1. The number of aliphatic hydroxyl groups is 1.